The minimum Gasteiger partial charge on any atom is -0.508 e. The number of nitrogens with one attached hydrogen (secondary N) is 1. The van der Waals surface area contributed by atoms with Crippen LogP contribution in [0.25, 0.3) is 0 Å². The number of aromatic nitrogens is 1. The lowest BCUT2D eigenvalue weighted by Gasteiger charge is -2.44. The second-order valence-corrected chi connectivity index (χ2v) is 7.72. The molecule has 1 aliphatic heterocycles. The molecule has 3 nitrogen and oxygen atoms in total. The van der Waals surface area contributed by atoms with Crippen LogP contribution in [0.4, 0.5) is 5.82 Å². The van der Waals surface area contributed by atoms with Crippen LogP contribution < -0.4 is 5.32 Å². The SMILES string of the molecule is CC[C@]1(c2cccc(O)c2)C2=C(CC(C)(C)C=C2)Nc2ncccc21. The van der Waals surface area contributed by atoms with Gasteiger partial charge in [-0.25, -0.2) is 4.98 Å². The Bertz CT molecular complexity index is 894. The molecule has 25 heavy (non-hydrogen) atoms. The molecule has 0 unspecified atom stereocenters. The van der Waals surface area contributed by atoms with Gasteiger partial charge in [0.2, 0.25) is 0 Å². The van der Waals surface area contributed by atoms with Gasteiger partial charge in [0.1, 0.15) is 11.6 Å². The standard InChI is InChI=1S/C22H24N2O/c1-4-22(15-7-5-8-16(25)13-15)17-10-11-21(2,3)14-19(17)24-20-18(22)9-6-12-23-20/h5-13,25H,4,14H2,1-3H3,(H,23,24)/t22-/m0/s1. The quantitative estimate of drug-likeness (QED) is 0.799. The van der Waals surface area contributed by atoms with Gasteiger partial charge in [0.25, 0.3) is 0 Å². The first-order valence-electron chi connectivity index (χ1n) is 8.91. The largest absolute Gasteiger partial charge is 0.508 e. The van der Waals surface area contributed by atoms with Crippen molar-refractivity contribution in [1.82, 2.24) is 4.98 Å². The molecular weight excluding hydrogens is 308 g/mol. The van der Waals surface area contributed by atoms with E-state index in [1.54, 1.807) is 6.07 Å². The van der Waals surface area contributed by atoms with Crippen LogP contribution in [0, 0.1) is 5.41 Å². The van der Waals surface area contributed by atoms with Gasteiger partial charge in [-0.2, -0.15) is 0 Å². The van der Waals surface area contributed by atoms with Gasteiger partial charge in [-0.15, -0.1) is 0 Å². The van der Waals surface area contributed by atoms with Gasteiger partial charge in [-0.05, 0) is 47.6 Å². The molecule has 3 heteroatoms. The van der Waals surface area contributed by atoms with E-state index in [1.165, 1.54) is 16.8 Å². The fraction of sp³-hybridized carbons (Fsp3) is 0.318. The molecule has 1 aromatic carbocycles. The lowest BCUT2D eigenvalue weighted by atomic mass is 9.62. The zero-order valence-corrected chi connectivity index (χ0v) is 15.0. The predicted molar refractivity (Wildman–Crippen MR) is 102 cm³/mol. The molecule has 0 bridgehead atoms. The normalized spacial score (nSPS) is 23.6. The average molecular weight is 332 g/mol. The summed E-state index contributed by atoms with van der Waals surface area (Å²) in [7, 11) is 0. The number of pyridine rings is 1. The van der Waals surface area contributed by atoms with Gasteiger partial charge in [-0.3, -0.25) is 0 Å². The van der Waals surface area contributed by atoms with Crippen molar-refractivity contribution < 1.29 is 5.11 Å². The Morgan fingerprint density at radius 2 is 2.04 bits per heavy atom. The number of phenolic OH excluding ortho intramolecular Hbond substituents is 1. The van der Waals surface area contributed by atoms with Crippen molar-refractivity contribution in [2.45, 2.75) is 39.0 Å². The number of hydrogen-bond acceptors (Lipinski definition) is 3. The summed E-state index contributed by atoms with van der Waals surface area (Å²) in [6.45, 7) is 6.72. The van der Waals surface area contributed by atoms with E-state index in [0.717, 1.165) is 24.2 Å². The number of aromatic hydroxyl groups is 1. The third-order valence-corrected chi connectivity index (χ3v) is 5.52. The molecule has 4 rings (SSSR count). The van der Waals surface area contributed by atoms with Crippen LogP contribution in [-0.2, 0) is 5.41 Å². The Hall–Kier alpha value is -2.55. The molecule has 1 atom stereocenters. The first-order chi connectivity index (χ1) is 12.0. The summed E-state index contributed by atoms with van der Waals surface area (Å²) in [5.74, 6) is 1.23. The maximum Gasteiger partial charge on any atom is 0.134 e. The van der Waals surface area contributed by atoms with Crippen molar-refractivity contribution in [2.24, 2.45) is 5.41 Å². The smallest absolute Gasteiger partial charge is 0.134 e. The van der Waals surface area contributed by atoms with Crippen LogP contribution in [0.3, 0.4) is 0 Å². The topological polar surface area (TPSA) is 45.1 Å². The number of allylic oxidation sites excluding steroid dienone is 4. The molecule has 0 saturated heterocycles. The lowest BCUT2D eigenvalue weighted by molar-refractivity contribution is 0.449. The van der Waals surface area contributed by atoms with Gasteiger partial charge in [0.15, 0.2) is 0 Å². The summed E-state index contributed by atoms with van der Waals surface area (Å²) in [5.41, 5.74) is 4.64. The minimum absolute atomic E-state index is 0.121. The highest BCUT2D eigenvalue weighted by Crippen LogP contribution is 2.52. The molecule has 0 radical (unpaired) electrons. The van der Waals surface area contributed by atoms with Gasteiger partial charge in [-0.1, -0.05) is 51.1 Å². The van der Waals surface area contributed by atoms with Crippen LogP contribution >= 0.6 is 0 Å². The fourth-order valence-corrected chi connectivity index (χ4v) is 4.34. The lowest BCUT2D eigenvalue weighted by Crippen LogP contribution is -2.38. The van der Waals surface area contributed by atoms with E-state index in [-0.39, 0.29) is 10.8 Å². The molecule has 2 N–H and O–H groups in total. The van der Waals surface area contributed by atoms with E-state index in [1.807, 2.05) is 24.4 Å². The fourth-order valence-electron chi connectivity index (χ4n) is 4.34. The molecule has 0 amide bonds. The third-order valence-electron chi connectivity index (χ3n) is 5.52. The molecule has 0 saturated carbocycles. The zero-order valence-electron chi connectivity index (χ0n) is 15.0. The second kappa shape index (κ2) is 5.48. The van der Waals surface area contributed by atoms with E-state index in [2.05, 4.69) is 55.4 Å². The van der Waals surface area contributed by atoms with E-state index in [0.29, 0.717) is 5.75 Å². The van der Waals surface area contributed by atoms with Gasteiger partial charge >= 0.3 is 0 Å². The minimum atomic E-state index is -0.296. The molecular formula is C22H24N2O. The Labute approximate surface area is 149 Å². The van der Waals surface area contributed by atoms with E-state index in [9.17, 15) is 5.11 Å². The predicted octanol–water partition coefficient (Wildman–Crippen LogP) is 5.15. The third kappa shape index (κ3) is 2.38. The maximum atomic E-state index is 10.1. The summed E-state index contributed by atoms with van der Waals surface area (Å²) < 4.78 is 0. The van der Waals surface area contributed by atoms with Gasteiger partial charge in [0.05, 0.1) is 5.41 Å². The monoisotopic (exact) mass is 332 g/mol. The first kappa shape index (κ1) is 15.9. The number of rotatable bonds is 2. The number of fused-ring (bicyclic) bond motifs is 1. The van der Waals surface area contributed by atoms with Crippen molar-refractivity contribution in [3.8, 4) is 5.75 Å². The Kier molecular flexibility index (Phi) is 3.50. The summed E-state index contributed by atoms with van der Waals surface area (Å²) in [4.78, 5) is 4.62. The summed E-state index contributed by atoms with van der Waals surface area (Å²) in [5, 5.41) is 13.7. The highest BCUT2D eigenvalue weighted by Gasteiger charge is 2.44. The highest BCUT2D eigenvalue weighted by atomic mass is 16.3. The zero-order chi connectivity index (χ0) is 17.7. The molecule has 2 aromatic rings. The van der Waals surface area contributed by atoms with E-state index < -0.39 is 0 Å². The van der Waals surface area contributed by atoms with Crippen LogP contribution in [0.5, 0.6) is 5.75 Å². The summed E-state index contributed by atoms with van der Waals surface area (Å²) in [6, 6.07) is 11.8. The van der Waals surface area contributed by atoms with E-state index in [4.69, 9.17) is 0 Å². The summed E-state index contributed by atoms with van der Waals surface area (Å²) in [6.07, 6.45) is 8.28. The van der Waals surface area contributed by atoms with Crippen molar-refractivity contribution in [2.75, 3.05) is 5.32 Å². The molecule has 2 aliphatic rings. The van der Waals surface area contributed by atoms with Crippen LogP contribution in [0.15, 0.2) is 66.0 Å². The van der Waals surface area contributed by atoms with Crippen LogP contribution in [0.1, 0.15) is 44.7 Å². The number of nitrogens with zero attached hydrogens (tertiary/aromatic N) is 1. The maximum absolute atomic E-state index is 10.1. The number of phenols is 1. The van der Waals surface area contributed by atoms with Gasteiger partial charge in [0, 0.05) is 17.5 Å². The van der Waals surface area contributed by atoms with Crippen LogP contribution in [-0.4, -0.2) is 10.1 Å². The molecule has 1 aliphatic carbocycles. The molecule has 2 heterocycles. The van der Waals surface area contributed by atoms with Crippen molar-refractivity contribution in [3.63, 3.8) is 0 Å². The number of hydrogen-bond donors (Lipinski definition) is 2. The highest BCUT2D eigenvalue weighted by molar-refractivity contribution is 5.69. The Morgan fingerprint density at radius 1 is 1.20 bits per heavy atom. The van der Waals surface area contributed by atoms with Crippen molar-refractivity contribution in [1.29, 1.82) is 0 Å². The van der Waals surface area contributed by atoms with E-state index >= 15 is 0 Å². The Morgan fingerprint density at radius 3 is 2.80 bits per heavy atom. The second-order valence-electron chi connectivity index (χ2n) is 7.72. The average Bonchev–Trinajstić information content (AvgIpc) is 2.59. The van der Waals surface area contributed by atoms with Crippen molar-refractivity contribution in [3.05, 3.63) is 77.1 Å². The Balaban J connectivity index is 2.02. The first-order valence-corrected chi connectivity index (χ1v) is 8.91. The molecule has 1 aromatic heterocycles. The number of benzene rings is 1. The molecule has 0 fully saturated rings. The summed E-state index contributed by atoms with van der Waals surface area (Å²) >= 11 is 0. The molecule has 0 spiro atoms. The van der Waals surface area contributed by atoms with Gasteiger partial charge < -0.3 is 10.4 Å². The van der Waals surface area contributed by atoms with Crippen molar-refractivity contribution >= 4 is 5.82 Å². The van der Waals surface area contributed by atoms with Crippen LogP contribution in [0.2, 0.25) is 0 Å². The number of anilines is 1. The molecule has 128 valence electrons.